The molecule has 10 heteroatoms. The molecule has 0 bridgehead atoms. The van der Waals surface area contributed by atoms with E-state index in [0.29, 0.717) is 13.1 Å². The van der Waals surface area contributed by atoms with Crippen molar-refractivity contribution in [2.75, 3.05) is 32.6 Å². The maximum Gasteiger partial charge on any atom is 0.191 e. The molecule has 7 nitrogen and oxygen atoms in total. The average molecular weight is 529 g/mol. The van der Waals surface area contributed by atoms with E-state index in [-0.39, 0.29) is 29.8 Å². The van der Waals surface area contributed by atoms with Gasteiger partial charge in [-0.15, -0.1) is 35.3 Å². The van der Waals surface area contributed by atoms with E-state index in [0.717, 1.165) is 34.6 Å². The number of halogens is 2. The molecule has 0 aliphatic rings. The largest absolute Gasteiger partial charge is 0.356 e. The standard InChI is InChI=1S/C19H24FN7S.HI/c1-21-18(23-12-16-13-28-19(24-16)26(2)3)22-10-8-15-9-11-27(25-15)17-6-4-14(20)5-7-17;/h4-7,9,11,13H,8,10,12H2,1-3H3,(H2,21,22,23);1H. The lowest BCUT2D eigenvalue weighted by molar-refractivity contribution is 0.627. The number of anilines is 1. The highest BCUT2D eigenvalue weighted by atomic mass is 127. The zero-order valence-electron chi connectivity index (χ0n) is 16.6. The lowest BCUT2D eigenvalue weighted by atomic mass is 10.3. The molecule has 3 aromatic rings. The van der Waals surface area contributed by atoms with Crippen LogP contribution in [-0.2, 0) is 13.0 Å². The minimum Gasteiger partial charge on any atom is -0.356 e. The van der Waals surface area contributed by atoms with Crippen molar-refractivity contribution in [2.45, 2.75) is 13.0 Å². The number of benzene rings is 1. The number of aliphatic imine (C=N–C) groups is 1. The summed E-state index contributed by atoms with van der Waals surface area (Å²) in [6.07, 6.45) is 2.62. The molecular weight excluding hydrogens is 504 g/mol. The van der Waals surface area contributed by atoms with E-state index in [4.69, 9.17) is 0 Å². The summed E-state index contributed by atoms with van der Waals surface area (Å²) in [5, 5.41) is 14.1. The van der Waals surface area contributed by atoms with Crippen molar-refractivity contribution in [1.82, 2.24) is 25.4 Å². The van der Waals surface area contributed by atoms with E-state index in [2.05, 4.69) is 25.7 Å². The summed E-state index contributed by atoms with van der Waals surface area (Å²) in [7, 11) is 5.70. The first-order valence-electron chi connectivity index (χ1n) is 8.92. The molecule has 3 rings (SSSR count). The predicted octanol–water partition coefficient (Wildman–Crippen LogP) is 3.06. The van der Waals surface area contributed by atoms with Gasteiger partial charge in [-0.1, -0.05) is 0 Å². The van der Waals surface area contributed by atoms with Crippen LogP contribution < -0.4 is 15.5 Å². The third kappa shape index (κ3) is 6.67. The normalized spacial score (nSPS) is 11.1. The first kappa shape index (κ1) is 23.1. The molecule has 0 saturated carbocycles. The molecule has 1 aromatic carbocycles. The predicted molar refractivity (Wildman–Crippen MR) is 127 cm³/mol. The Balaban J connectivity index is 0.00000300. The van der Waals surface area contributed by atoms with Gasteiger partial charge in [0.2, 0.25) is 0 Å². The summed E-state index contributed by atoms with van der Waals surface area (Å²) in [4.78, 5) is 10.8. The van der Waals surface area contributed by atoms with Crippen LogP contribution in [0.4, 0.5) is 9.52 Å². The second kappa shape index (κ2) is 11.1. The fraction of sp³-hybridized carbons (Fsp3) is 0.316. The van der Waals surface area contributed by atoms with Crippen molar-refractivity contribution >= 4 is 46.4 Å². The van der Waals surface area contributed by atoms with Gasteiger partial charge in [-0.05, 0) is 30.3 Å². The Kier molecular flexibility index (Phi) is 8.83. The van der Waals surface area contributed by atoms with Crippen LogP contribution >= 0.6 is 35.3 Å². The Morgan fingerprint density at radius 2 is 1.93 bits per heavy atom. The molecule has 0 spiro atoms. The molecule has 0 fully saturated rings. The second-order valence-electron chi connectivity index (χ2n) is 6.35. The van der Waals surface area contributed by atoms with Crippen molar-refractivity contribution in [3.8, 4) is 5.69 Å². The van der Waals surface area contributed by atoms with E-state index in [1.165, 1.54) is 12.1 Å². The number of nitrogens with zero attached hydrogens (tertiary/aromatic N) is 5. The molecule has 2 aromatic heterocycles. The zero-order valence-corrected chi connectivity index (χ0v) is 19.7. The second-order valence-corrected chi connectivity index (χ2v) is 7.18. The first-order chi connectivity index (χ1) is 13.5. The highest BCUT2D eigenvalue weighted by Crippen LogP contribution is 2.17. The van der Waals surface area contributed by atoms with E-state index in [9.17, 15) is 4.39 Å². The third-order valence-electron chi connectivity index (χ3n) is 3.99. The van der Waals surface area contributed by atoms with Crippen molar-refractivity contribution in [3.63, 3.8) is 0 Å². The summed E-state index contributed by atoms with van der Waals surface area (Å²) in [5.41, 5.74) is 2.76. The molecule has 2 N–H and O–H groups in total. The van der Waals surface area contributed by atoms with Gasteiger partial charge in [-0.3, -0.25) is 4.99 Å². The van der Waals surface area contributed by atoms with Gasteiger partial charge in [0.15, 0.2) is 11.1 Å². The van der Waals surface area contributed by atoms with Gasteiger partial charge in [0.05, 0.1) is 23.6 Å². The fourth-order valence-corrected chi connectivity index (χ4v) is 3.28. The summed E-state index contributed by atoms with van der Waals surface area (Å²) >= 11 is 1.62. The molecule has 0 saturated heterocycles. The monoisotopic (exact) mass is 529 g/mol. The number of nitrogens with one attached hydrogen (secondary N) is 2. The van der Waals surface area contributed by atoms with E-state index in [1.54, 1.807) is 35.2 Å². The van der Waals surface area contributed by atoms with Crippen LogP contribution in [0.5, 0.6) is 0 Å². The average Bonchev–Trinajstić information content (AvgIpc) is 3.35. The van der Waals surface area contributed by atoms with Gasteiger partial charge in [-0.25, -0.2) is 14.1 Å². The van der Waals surface area contributed by atoms with Crippen LogP contribution in [0, 0.1) is 5.82 Å². The van der Waals surface area contributed by atoms with Gasteiger partial charge in [0.25, 0.3) is 0 Å². The third-order valence-corrected chi connectivity index (χ3v) is 5.05. The van der Waals surface area contributed by atoms with Gasteiger partial charge < -0.3 is 15.5 Å². The first-order valence-corrected chi connectivity index (χ1v) is 9.80. The van der Waals surface area contributed by atoms with Gasteiger partial charge >= 0.3 is 0 Å². The van der Waals surface area contributed by atoms with Gasteiger partial charge in [0.1, 0.15) is 5.82 Å². The van der Waals surface area contributed by atoms with E-state index < -0.39 is 0 Å². The topological polar surface area (TPSA) is 70.4 Å². The molecule has 0 radical (unpaired) electrons. The Morgan fingerprint density at radius 3 is 2.59 bits per heavy atom. The Morgan fingerprint density at radius 1 is 1.17 bits per heavy atom. The maximum absolute atomic E-state index is 13.0. The number of guanidine groups is 1. The summed E-state index contributed by atoms with van der Waals surface area (Å²) < 4.78 is 14.8. The van der Waals surface area contributed by atoms with Crippen LogP contribution in [0.3, 0.4) is 0 Å². The summed E-state index contributed by atoms with van der Waals surface area (Å²) in [6.45, 7) is 1.31. The molecule has 0 atom stereocenters. The van der Waals surface area contributed by atoms with Crippen LogP contribution in [0.2, 0.25) is 0 Å². The van der Waals surface area contributed by atoms with Gasteiger partial charge in [0, 0.05) is 45.7 Å². The Bertz CT molecular complexity index is 921. The lowest BCUT2D eigenvalue weighted by Gasteiger charge is -2.10. The molecule has 2 heterocycles. The number of hydrogen-bond donors (Lipinski definition) is 2. The number of rotatable bonds is 7. The van der Waals surface area contributed by atoms with Crippen LogP contribution in [0.15, 0.2) is 46.9 Å². The number of aromatic nitrogens is 3. The molecule has 0 amide bonds. The van der Waals surface area contributed by atoms with Crippen LogP contribution in [0.1, 0.15) is 11.4 Å². The minimum atomic E-state index is -0.255. The molecule has 0 aliphatic carbocycles. The minimum absolute atomic E-state index is 0. The summed E-state index contributed by atoms with van der Waals surface area (Å²) in [5.74, 6) is 0.465. The van der Waals surface area contributed by atoms with Crippen LogP contribution in [0.25, 0.3) is 5.69 Å². The molecule has 29 heavy (non-hydrogen) atoms. The molecule has 156 valence electrons. The number of thiazole rings is 1. The SMILES string of the molecule is CN=C(NCCc1ccn(-c2ccc(F)cc2)n1)NCc1csc(N(C)C)n1.I. The quantitative estimate of drug-likeness (QED) is 0.280. The van der Waals surface area contributed by atoms with Crippen molar-refractivity contribution in [1.29, 1.82) is 0 Å². The Labute approximate surface area is 191 Å². The zero-order chi connectivity index (χ0) is 19.9. The van der Waals surface area contributed by atoms with Crippen molar-refractivity contribution in [2.24, 2.45) is 4.99 Å². The van der Waals surface area contributed by atoms with Crippen molar-refractivity contribution < 1.29 is 4.39 Å². The summed E-state index contributed by atoms with van der Waals surface area (Å²) in [6, 6.07) is 8.22. The lowest BCUT2D eigenvalue weighted by Crippen LogP contribution is -2.38. The maximum atomic E-state index is 13.0. The van der Waals surface area contributed by atoms with Gasteiger partial charge in [-0.2, -0.15) is 5.10 Å². The van der Waals surface area contributed by atoms with E-state index in [1.807, 2.05) is 36.6 Å². The molecule has 0 unspecified atom stereocenters. The smallest absolute Gasteiger partial charge is 0.191 e. The van der Waals surface area contributed by atoms with Crippen molar-refractivity contribution in [3.05, 3.63) is 59.1 Å². The van der Waals surface area contributed by atoms with Crippen LogP contribution in [-0.4, -0.2) is 48.4 Å². The molecular formula is C19H25FIN7S. The number of hydrogen-bond acceptors (Lipinski definition) is 5. The highest BCUT2D eigenvalue weighted by molar-refractivity contribution is 14.0. The van der Waals surface area contributed by atoms with E-state index >= 15 is 0 Å². The highest BCUT2D eigenvalue weighted by Gasteiger charge is 2.06. The fourth-order valence-electron chi connectivity index (χ4n) is 2.52. The molecule has 0 aliphatic heterocycles. The Hall–Kier alpha value is -2.21.